The number of likely N-dealkylation sites (N-methyl/N-ethyl adjacent to an activating group) is 1. The number of aromatic amines is 1. The van der Waals surface area contributed by atoms with Gasteiger partial charge in [-0.3, -0.25) is 4.79 Å². The number of aromatic nitrogens is 1. The Balaban J connectivity index is 2.04. The molecule has 1 heterocycles. The first-order valence-electron chi connectivity index (χ1n) is 5.27. The van der Waals surface area contributed by atoms with Gasteiger partial charge in [0.15, 0.2) is 0 Å². The molecular formula is C12H15N3O. The Morgan fingerprint density at radius 1 is 1.38 bits per heavy atom. The van der Waals surface area contributed by atoms with Crippen molar-refractivity contribution in [3.63, 3.8) is 0 Å². The molecule has 4 nitrogen and oxygen atoms in total. The topological polar surface area (TPSA) is 56.9 Å². The Labute approximate surface area is 94.0 Å². The molecule has 0 unspecified atom stereocenters. The Morgan fingerprint density at radius 2 is 2.25 bits per heavy atom. The lowest BCUT2D eigenvalue weighted by atomic mass is 10.1. The molecule has 3 N–H and O–H groups in total. The zero-order chi connectivity index (χ0) is 11.4. The number of rotatable bonds is 4. The third-order valence-corrected chi connectivity index (χ3v) is 2.57. The highest BCUT2D eigenvalue weighted by Gasteiger charge is 2.02. The number of hydrogen-bond acceptors (Lipinski definition) is 2. The average molecular weight is 217 g/mol. The van der Waals surface area contributed by atoms with Crippen molar-refractivity contribution in [1.82, 2.24) is 15.6 Å². The van der Waals surface area contributed by atoms with Crippen LogP contribution in [0, 0.1) is 0 Å². The summed E-state index contributed by atoms with van der Waals surface area (Å²) < 4.78 is 0. The maximum atomic E-state index is 11.0. The lowest BCUT2D eigenvalue weighted by Gasteiger charge is -2.05. The van der Waals surface area contributed by atoms with E-state index < -0.39 is 0 Å². The minimum Gasteiger partial charge on any atom is -0.361 e. The van der Waals surface area contributed by atoms with Crippen LogP contribution in [0.15, 0.2) is 30.5 Å². The lowest BCUT2D eigenvalue weighted by Crippen LogP contribution is -2.30. The van der Waals surface area contributed by atoms with Gasteiger partial charge >= 0.3 is 0 Å². The predicted octanol–water partition coefficient (Wildman–Crippen LogP) is 1.00. The summed E-state index contributed by atoms with van der Waals surface area (Å²) in [4.78, 5) is 14.2. The first kappa shape index (κ1) is 10.7. The van der Waals surface area contributed by atoms with Crippen molar-refractivity contribution < 1.29 is 4.79 Å². The maximum Gasteiger partial charge on any atom is 0.233 e. The summed E-state index contributed by atoms with van der Waals surface area (Å²) in [5, 5.41) is 6.89. The minimum atomic E-state index is 0.00115. The van der Waals surface area contributed by atoms with Crippen LogP contribution >= 0.6 is 0 Å². The third kappa shape index (κ3) is 2.23. The first-order valence-corrected chi connectivity index (χ1v) is 5.27. The molecule has 0 saturated heterocycles. The second-order valence-electron chi connectivity index (χ2n) is 3.63. The van der Waals surface area contributed by atoms with Crippen molar-refractivity contribution in [2.45, 2.75) is 6.54 Å². The van der Waals surface area contributed by atoms with Gasteiger partial charge in [-0.2, -0.15) is 0 Å². The van der Waals surface area contributed by atoms with E-state index in [0.29, 0.717) is 13.1 Å². The van der Waals surface area contributed by atoms with Crippen LogP contribution in [0.2, 0.25) is 0 Å². The quantitative estimate of drug-likeness (QED) is 0.715. The molecule has 2 aromatic rings. The molecule has 1 aromatic carbocycles. The smallest absolute Gasteiger partial charge is 0.233 e. The monoisotopic (exact) mass is 217 g/mol. The van der Waals surface area contributed by atoms with E-state index in [1.165, 1.54) is 10.9 Å². The summed E-state index contributed by atoms with van der Waals surface area (Å²) in [7, 11) is 1.64. The fourth-order valence-corrected chi connectivity index (χ4v) is 1.70. The van der Waals surface area contributed by atoms with Gasteiger partial charge in [0.25, 0.3) is 0 Å². The molecule has 0 saturated carbocycles. The van der Waals surface area contributed by atoms with Crippen LogP contribution in [0.3, 0.4) is 0 Å². The lowest BCUT2D eigenvalue weighted by molar-refractivity contribution is -0.119. The molecular weight excluding hydrogens is 202 g/mol. The van der Waals surface area contributed by atoms with Gasteiger partial charge in [-0.1, -0.05) is 12.1 Å². The third-order valence-electron chi connectivity index (χ3n) is 2.57. The highest BCUT2D eigenvalue weighted by molar-refractivity contribution is 5.83. The van der Waals surface area contributed by atoms with E-state index in [9.17, 15) is 4.79 Å². The molecule has 2 rings (SSSR count). The number of nitrogens with one attached hydrogen (secondary N) is 3. The summed E-state index contributed by atoms with van der Waals surface area (Å²) in [6.45, 7) is 1.04. The molecule has 16 heavy (non-hydrogen) atoms. The molecule has 0 atom stereocenters. The molecule has 0 fully saturated rings. The van der Waals surface area contributed by atoms with Crippen molar-refractivity contribution in [2.75, 3.05) is 13.6 Å². The van der Waals surface area contributed by atoms with Crippen LogP contribution < -0.4 is 10.6 Å². The number of carbonyl (C=O) groups is 1. The van der Waals surface area contributed by atoms with E-state index in [1.807, 2.05) is 24.4 Å². The van der Waals surface area contributed by atoms with Gasteiger partial charge in [-0.25, -0.2) is 0 Å². The molecule has 0 aliphatic rings. The number of benzene rings is 1. The van der Waals surface area contributed by atoms with Gasteiger partial charge in [0, 0.05) is 30.7 Å². The van der Waals surface area contributed by atoms with Crippen molar-refractivity contribution >= 4 is 16.8 Å². The Morgan fingerprint density at radius 3 is 3.06 bits per heavy atom. The second-order valence-corrected chi connectivity index (χ2v) is 3.63. The van der Waals surface area contributed by atoms with Crippen LogP contribution in [0.5, 0.6) is 0 Å². The number of amides is 1. The molecule has 0 spiro atoms. The van der Waals surface area contributed by atoms with Gasteiger partial charge in [0.05, 0.1) is 6.54 Å². The highest BCUT2D eigenvalue weighted by Crippen LogP contribution is 2.16. The van der Waals surface area contributed by atoms with E-state index in [4.69, 9.17) is 0 Å². The first-order chi connectivity index (χ1) is 7.81. The van der Waals surface area contributed by atoms with Gasteiger partial charge < -0.3 is 15.6 Å². The standard InChI is InChI=1S/C12H15N3O/c1-13-12(16)8-14-7-9-3-2-4-11-10(9)5-6-15-11/h2-6,14-15H,7-8H2,1H3,(H,13,16). The fourth-order valence-electron chi connectivity index (χ4n) is 1.70. The van der Waals surface area contributed by atoms with Crippen molar-refractivity contribution in [3.05, 3.63) is 36.0 Å². The molecule has 0 radical (unpaired) electrons. The molecule has 1 aromatic heterocycles. The number of fused-ring (bicyclic) bond motifs is 1. The SMILES string of the molecule is CNC(=O)CNCc1cccc2[nH]ccc12. The van der Waals surface area contributed by atoms with Gasteiger partial charge in [0.2, 0.25) is 5.91 Å². The van der Waals surface area contributed by atoms with Crippen molar-refractivity contribution in [2.24, 2.45) is 0 Å². The van der Waals surface area contributed by atoms with E-state index in [1.54, 1.807) is 7.05 Å². The van der Waals surface area contributed by atoms with Gasteiger partial charge in [-0.15, -0.1) is 0 Å². The zero-order valence-electron chi connectivity index (χ0n) is 9.21. The number of carbonyl (C=O) groups excluding carboxylic acids is 1. The zero-order valence-corrected chi connectivity index (χ0v) is 9.21. The molecule has 0 aliphatic carbocycles. The largest absolute Gasteiger partial charge is 0.361 e. The molecule has 84 valence electrons. The minimum absolute atomic E-state index is 0.00115. The maximum absolute atomic E-state index is 11.0. The summed E-state index contributed by atoms with van der Waals surface area (Å²) >= 11 is 0. The molecule has 0 bridgehead atoms. The summed E-state index contributed by atoms with van der Waals surface area (Å²) in [5.74, 6) is 0.00115. The van der Waals surface area contributed by atoms with E-state index in [-0.39, 0.29) is 5.91 Å². The number of hydrogen-bond donors (Lipinski definition) is 3. The molecule has 1 amide bonds. The van der Waals surface area contributed by atoms with Gasteiger partial charge in [-0.05, 0) is 17.7 Å². The predicted molar refractivity (Wildman–Crippen MR) is 64.1 cm³/mol. The normalized spacial score (nSPS) is 10.6. The van der Waals surface area contributed by atoms with Crippen LogP contribution in [-0.4, -0.2) is 24.5 Å². The van der Waals surface area contributed by atoms with E-state index >= 15 is 0 Å². The van der Waals surface area contributed by atoms with Crippen LogP contribution in [0.25, 0.3) is 10.9 Å². The summed E-state index contributed by atoms with van der Waals surface area (Å²) in [5.41, 5.74) is 2.32. The summed E-state index contributed by atoms with van der Waals surface area (Å²) in [6.07, 6.45) is 1.92. The fraction of sp³-hybridized carbons (Fsp3) is 0.250. The highest BCUT2D eigenvalue weighted by atomic mass is 16.1. The summed E-state index contributed by atoms with van der Waals surface area (Å²) in [6, 6.07) is 8.16. The second kappa shape index (κ2) is 4.81. The molecule has 0 aliphatic heterocycles. The van der Waals surface area contributed by atoms with Crippen molar-refractivity contribution in [1.29, 1.82) is 0 Å². The van der Waals surface area contributed by atoms with E-state index in [2.05, 4.69) is 21.7 Å². The van der Waals surface area contributed by atoms with Crippen molar-refractivity contribution in [3.8, 4) is 0 Å². The Bertz CT molecular complexity index is 490. The van der Waals surface area contributed by atoms with Crippen LogP contribution in [0.1, 0.15) is 5.56 Å². The molecule has 4 heteroatoms. The van der Waals surface area contributed by atoms with Crippen LogP contribution in [-0.2, 0) is 11.3 Å². The number of H-pyrrole nitrogens is 1. The Hall–Kier alpha value is -1.81. The van der Waals surface area contributed by atoms with Gasteiger partial charge in [0.1, 0.15) is 0 Å². The average Bonchev–Trinajstić information content (AvgIpc) is 2.77. The Kier molecular flexibility index (Phi) is 3.22. The van der Waals surface area contributed by atoms with E-state index in [0.717, 1.165) is 5.52 Å². The van der Waals surface area contributed by atoms with Crippen LogP contribution in [0.4, 0.5) is 0 Å².